The maximum Gasteiger partial charge on any atom is 0.248 e. The van der Waals surface area contributed by atoms with Crippen molar-refractivity contribution >= 4 is 5.91 Å². The summed E-state index contributed by atoms with van der Waals surface area (Å²) >= 11 is 0. The summed E-state index contributed by atoms with van der Waals surface area (Å²) in [6.07, 6.45) is 5.11. The molecule has 2 N–H and O–H groups in total. The van der Waals surface area contributed by atoms with Gasteiger partial charge in [-0.25, -0.2) is 0 Å². The van der Waals surface area contributed by atoms with Crippen LogP contribution in [0.3, 0.4) is 0 Å². The van der Waals surface area contributed by atoms with E-state index in [1.54, 1.807) is 24.3 Å². The molecular formula is C11H13NO. The van der Waals surface area contributed by atoms with Gasteiger partial charge in [-0.2, -0.15) is 0 Å². The minimum atomic E-state index is -0.437. The second kappa shape index (κ2) is 5.84. The second-order valence-electron chi connectivity index (χ2n) is 2.09. The maximum absolute atomic E-state index is 10.6. The van der Waals surface area contributed by atoms with Crippen molar-refractivity contribution in [1.29, 1.82) is 0 Å². The van der Waals surface area contributed by atoms with Crippen LogP contribution < -0.4 is 5.73 Å². The summed E-state index contributed by atoms with van der Waals surface area (Å²) < 4.78 is 0. The summed E-state index contributed by atoms with van der Waals surface area (Å²) in [6.45, 7) is 4.00. The van der Waals surface area contributed by atoms with E-state index in [-0.39, 0.29) is 0 Å². The van der Waals surface area contributed by atoms with Gasteiger partial charge in [0.15, 0.2) is 0 Å². The molecule has 0 aliphatic rings. The topological polar surface area (TPSA) is 43.1 Å². The van der Waals surface area contributed by atoms with Crippen LogP contribution in [-0.2, 0) is 0 Å². The molecule has 0 saturated heterocycles. The molecule has 2 nitrogen and oxygen atoms in total. The lowest BCUT2D eigenvalue weighted by Gasteiger charge is -1.93. The number of rotatable bonds is 1. The van der Waals surface area contributed by atoms with Gasteiger partial charge in [0.25, 0.3) is 0 Å². The molecule has 0 atom stereocenters. The number of terminal acetylenes is 1. The molecule has 0 aliphatic heterocycles. The largest absolute Gasteiger partial charge is 0.366 e. The Bertz CT molecular complexity index is 306. The minimum absolute atomic E-state index is 0.437. The molecular weight excluding hydrogens is 162 g/mol. The van der Waals surface area contributed by atoms with E-state index in [1.165, 1.54) is 0 Å². The molecule has 0 aromatic heterocycles. The number of hydrogen-bond donors (Lipinski definition) is 1. The van der Waals surface area contributed by atoms with Gasteiger partial charge in [-0.1, -0.05) is 19.8 Å². The molecule has 0 bridgehead atoms. The normalized spacial score (nSPS) is 7.77. The predicted octanol–water partition coefficient (Wildman–Crippen LogP) is 1.79. The third-order valence-electron chi connectivity index (χ3n) is 1.34. The van der Waals surface area contributed by atoms with Crippen molar-refractivity contribution < 1.29 is 4.79 Å². The first-order valence-electron chi connectivity index (χ1n) is 4.10. The summed E-state index contributed by atoms with van der Waals surface area (Å²) in [5, 5.41) is 0. The van der Waals surface area contributed by atoms with E-state index in [9.17, 15) is 4.79 Å². The van der Waals surface area contributed by atoms with Crippen LogP contribution in [0.2, 0.25) is 0 Å². The predicted molar refractivity (Wildman–Crippen MR) is 54.2 cm³/mol. The highest BCUT2D eigenvalue weighted by Crippen LogP contribution is 2.01. The summed E-state index contributed by atoms with van der Waals surface area (Å²) in [5.41, 5.74) is 6.24. The van der Waals surface area contributed by atoms with Crippen LogP contribution >= 0.6 is 0 Å². The molecule has 1 amide bonds. The Hall–Kier alpha value is -1.75. The number of amides is 1. The quantitative estimate of drug-likeness (QED) is 0.650. The molecule has 1 rings (SSSR count). The molecule has 0 fully saturated rings. The van der Waals surface area contributed by atoms with E-state index in [4.69, 9.17) is 12.2 Å². The van der Waals surface area contributed by atoms with Crippen LogP contribution in [0.5, 0.6) is 0 Å². The number of primary amides is 1. The van der Waals surface area contributed by atoms with E-state index in [1.807, 2.05) is 13.8 Å². The Balaban J connectivity index is 0.000000671. The number of hydrogen-bond acceptors (Lipinski definition) is 1. The van der Waals surface area contributed by atoms with Gasteiger partial charge < -0.3 is 5.73 Å². The lowest BCUT2D eigenvalue weighted by Crippen LogP contribution is -2.10. The first-order chi connectivity index (χ1) is 6.24. The van der Waals surface area contributed by atoms with Gasteiger partial charge in [0, 0.05) is 11.1 Å². The highest BCUT2D eigenvalue weighted by molar-refractivity contribution is 5.92. The fraction of sp³-hybridized carbons (Fsp3) is 0.182. The lowest BCUT2D eigenvalue weighted by molar-refractivity contribution is 0.100. The summed E-state index contributed by atoms with van der Waals surface area (Å²) in [4.78, 5) is 10.6. The van der Waals surface area contributed by atoms with Crippen LogP contribution in [0, 0.1) is 12.3 Å². The van der Waals surface area contributed by atoms with Gasteiger partial charge in [0.2, 0.25) is 5.91 Å². The number of carbonyl (C=O) groups excluding carboxylic acids is 1. The smallest absolute Gasteiger partial charge is 0.248 e. The van der Waals surface area contributed by atoms with Gasteiger partial charge in [0.1, 0.15) is 0 Å². The molecule has 0 aliphatic carbocycles. The SMILES string of the molecule is C#Cc1ccc(C(N)=O)cc1.CC. The molecule has 0 saturated carbocycles. The van der Waals surface area contributed by atoms with E-state index in [0.29, 0.717) is 5.56 Å². The molecule has 2 heteroatoms. The van der Waals surface area contributed by atoms with Gasteiger partial charge in [-0.05, 0) is 24.3 Å². The van der Waals surface area contributed by atoms with Crippen LogP contribution in [0.25, 0.3) is 0 Å². The zero-order valence-electron chi connectivity index (χ0n) is 7.87. The standard InChI is InChI=1S/C9H7NO.C2H6/c1-2-7-3-5-8(6-4-7)9(10)11;1-2/h1,3-6H,(H2,10,11);1-2H3. The average molecular weight is 175 g/mol. The molecule has 0 spiro atoms. The zero-order valence-corrected chi connectivity index (χ0v) is 7.87. The van der Waals surface area contributed by atoms with Gasteiger partial charge in [-0.3, -0.25) is 4.79 Å². The lowest BCUT2D eigenvalue weighted by atomic mass is 10.1. The number of nitrogens with two attached hydrogens (primary N) is 1. The van der Waals surface area contributed by atoms with Crippen LogP contribution in [-0.4, -0.2) is 5.91 Å². The first-order valence-corrected chi connectivity index (χ1v) is 4.10. The van der Waals surface area contributed by atoms with Crippen molar-refractivity contribution in [2.45, 2.75) is 13.8 Å². The Kier molecular flexibility index (Phi) is 5.06. The third-order valence-corrected chi connectivity index (χ3v) is 1.34. The van der Waals surface area contributed by atoms with E-state index >= 15 is 0 Å². The fourth-order valence-corrected chi connectivity index (χ4v) is 0.731. The van der Waals surface area contributed by atoms with E-state index in [0.717, 1.165) is 5.56 Å². The number of benzene rings is 1. The molecule has 0 radical (unpaired) electrons. The van der Waals surface area contributed by atoms with Crippen molar-refractivity contribution in [2.24, 2.45) is 5.73 Å². The van der Waals surface area contributed by atoms with Crippen molar-refractivity contribution in [3.8, 4) is 12.3 Å². The summed E-state index contributed by atoms with van der Waals surface area (Å²) in [5.74, 6) is 2.00. The van der Waals surface area contributed by atoms with Crippen molar-refractivity contribution in [1.82, 2.24) is 0 Å². The van der Waals surface area contributed by atoms with E-state index < -0.39 is 5.91 Å². The Morgan fingerprint density at radius 1 is 1.31 bits per heavy atom. The highest BCUT2D eigenvalue weighted by atomic mass is 16.1. The Morgan fingerprint density at radius 2 is 1.77 bits per heavy atom. The zero-order chi connectivity index (χ0) is 10.3. The monoisotopic (exact) mass is 175 g/mol. The molecule has 68 valence electrons. The fourth-order valence-electron chi connectivity index (χ4n) is 0.731. The third kappa shape index (κ3) is 3.44. The molecule has 1 aromatic rings. The van der Waals surface area contributed by atoms with Crippen LogP contribution in [0.15, 0.2) is 24.3 Å². The Labute approximate surface area is 78.8 Å². The minimum Gasteiger partial charge on any atom is -0.366 e. The highest BCUT2D eigenvalue weighted by Gasteiger charge is 1.96. The van der Waals surface area contributed by atoms with Crippen LogP contribution in [0.1, 0.15) is 29.8 Å². The van der Waals surface area contributed by atoms with E-state index in [2.05, 4.69) is 5.92 Å². The van der Waals surface area contributed by atoms with Crippen molar-refractivity contribution in [3.63, 3.8) is 0 Å². The summed E-state index contributed by atoms with van der Waals surface area (Å²) in [7, 11) is 0. The Morgan fingerprint density at radius 3 is 2.08 bits per heavy atom. The number of carbonyl (C=O) groups is 1. The van der Waals surface area contributed by atoms with Gasteiger partial charge >= 0.3 is 0 Å². The first kappa shape index (κ1) is 11.2. The van der Waals surface area contributed by atoms with Crippen LogP contribution in [0.4, 0.5) is 0 Å². The second-order valence-corrected chi connectivity index (χ2v) is 2.09. The average Bonchev–Trinajstić information content (AvgIpc) is 2.21. The van der Waals surface area contributed by atoms with Gasteiger partial charge in [0.05, 0.1) is 0 Å². The molecule has 0 heterocycles. The molecule has 1 aromatic carbocycles. The van der Waals surface area contributed by atoms with Gasteiger partial charge in [-0.15, -0.1) is 6.42 Å². The maximum atomic E-state index is 10.6. The molecule has 0 unspecified atom stereocenters. The van der Waals surface area contributed by atoms with Crippen molar-refractivity contribution in [2.75, 3.05) is 0 Å². The summed E-state index contributed by atoms with van der Waals surface area (Å²) in [6, 6.07) is 6.58. The van der Waals surface area contributed by atoms with Crippen molar-refractivity contribution in [3.05, 3.63) is 35.4 Å². The molecule has 13 heavy (non-hydrogen) atoms.